The van der Waals surface area contributed by atoms with Gasteiger partial charge in [0, 0.05) is 31.7 Å². The number of aliphatic hydroxyl groups is 1. The second kappa shape index (κ2) is 7.92. The number of benzene rings is 1. The molecule has 0 atom stereocenters. The number of nitrogens with zero attached hydrogens (tertiary/aromatic N) is 3. The van der Waals surface area contributed by atoms with Crippen molar-refractivity contribution in [1.82, 2.24) is 15.0 Å². The Kier molecular flexibility index (Phi) is 5.92. The van der Waals surface area contributed by atoms with Crippen LogP contribution in [0.4, 0.5) is 0 Å². The van der Waals surface area contributed by atoms with Gasteiger partial charge in [0.1, 0.15) is 16.8 Å². The van der Waals surface area contributed by atoms with Crippen LogP contribution in [0.3, 0.4) is 0 Å². The van der Waals surface area contributed by atoms with Gasteiger partial charge in [-0.2, -0.15) is 0 Å². The summed E-state index contributed by atoms with van der Waals surface area (Å²) in [5.74, 6) is 0.751. The Labute approximate surface area is 135 Å². The molecule has 0 spiro atoms. The lowest BCUT2D eigenvalue weighted by molar-refractivity contribution is -0.134. The summed E-state index contributed by atoms with van der Waals surface area (Å²) in [5.41, 5.74) is 2.21. The summed E-state index contributed by atoms with van der Waals surface area (Å²) in [6.07, 6.45) is 2.80. The number of ether oxygens (including phenoxy) is 2. The van der Waals surface area contributed by atoms with Crippen LogP contribution in [0, 0.1) is 6.92 Å². The van der Waals surface area contributed by atoms with Gasteiger partial charge in [-0.15, -0.1) is 5.10 Å². The maximum absolute atomic E-state index is 11.6. The van der Waals surface area contributed by atoms with E-state index in [0.717, 1.165) is 30.3 Å². The SMILES string of the molecule is CCC(=O)Oc1cc(OCCCCCO)c2c(nnn2C)c1C. The molecule has 0 saturated heterocycles. The van der Waals surface area contributed by atoms with Gasteiger partial charge in [-0.3, -0.25) is 4.79 Å². The number of esters is 1. The lowest BCUT2D eigenvalue weighted by Gasteiger charge is -2.12. The van der Waals surface area contributed by atoms with E-state index >= 15 is 0 Å². The lowest BCUT2D eigenvalue weighted by atomic mass is 10.1. The third kappa shape index (κ3) is 3.98. The Morgan fingerprint density at radius 1 is 1.30 bits per heavy atom. The third-order valence-corrected chi connectivity index (χ3v) is 3.62. The van der Waals surface area contributed by atoms with Gasteiger partial charge in [0.15, 0.2) is 5.75 Å². The van der Waals surface area contributed by atoms with Crippen LogP contribution in [-0.4, -0.2) is 39.3 Å². The second-order valence-electron chi connectivity index (χ2n) is 5.37. The van der Waals surface area contributed by atoms with Crippen molar-refractivity contribution in [3.63, 3.8) is 0 Å². The number of aryl methyl sites for hydroxylation is 2. The van der Waals surface area contributed by atoms with Crippen molar-refractivity contribution < 1.29 is 19.4 Å². The Morgan fingerprint density at radius 3 is 2.78 bits per heavy atom. The molecule has 1 N–H and O–H groups in total. The molecule has 0 bridgehead atoms. The first-order chi connectivity index (χ1) is 11.1. The minimum Gasteiger partial charge on any atom is -0.491 e. The van der Waals surface area contributed by atoms with Crippen LogP contribution in [0.5, 0.6) is 11.5 Å². The molecule has 7 nitrogen and oxygen atoms in total. The molecule has 0 aliphatic heterocycles. The molecule has 1 heterocycles. The van der Waals surface area contributed by atoms with Crippen LogP contribution in [0.2, 0.25) is 0 Å². The molecule has 7 heteroatoms. The predicted octanol–water partition coefficient (Wildman–Crippen LogP) is 2.13. The van der Waals surface area contributed by atoms with Crippen molar-refractivity contribution in [3.8, 4) is 11.5 Å². The van der Waals surface area contributed by atoms with Gasteiger partial charge in [-0.05, 0) is 26.2 Å². The molecule has 0 fully saturated rings. The zero-order valence-electron chi connectivity index (χ0n) is 13.8. The first-order valence-electron chi connectivity index (χ1n) is 7.85. The minimum atomic E-state index is -0.301. The fourth-order valence-corrected chi connectivity index (χ4v) is 2.28. The van der Waals surface area contributed by atoms with Gasteiger partial charge in [0.25, 0.3) is 0 Å². The molecular formula is C16H23N3O4. The topological polar surface area (TPSA) is 86.5 Å². The van der Waals surface area contributed by atoms with E-state index in [1.807, 2.05) is 6.92 Å². The van der Waals surface area contributed by atoms with Crippen molar-refractivity contribution in [3.05, 3.63) is 11.6 Å². The van der Waals surface area contributed by atoms with E-state index in [4.69, 9.17) is 14.6 Å². The molecule has 0 aliphatic carbocycles. The molecule has 0 unspecified atom stereocenters. The summed E-state index contributed by atoms with van der Waals surface area (Å²) >= 11 is 0. The molecule has 0 radical (unpaired) electrons. The van der Waals surface area contributed by atoms with E-state index < -0.39 is 0 Å². The van der Waals surface area contributed by atoms with E-state index in [1.54, 1.807) is 24.7 Å². The number of carbonyl (C=O) groups is 1. The standard InChI is InChI=1S/C16H23N3O4/c1-4-14(21)23-12-10-13(22-9-7-5-6-8-20)16-15(11(12)2)17-18-19(16)3/h10,20H,4-9H2,1-3H3. The van der Waals surface area contributed by atoms with E-state index in [0.29, 0.717) is 30.0 Å². The Morgan fingerprint density at radius 2 is 2.09 bits per heavy atom. The highest BCUT2D eigenvalue weighted by molar-refractivity contribution is 5.87. The quantitative estimate of drug-likeness (QED) is 0.455. The van der Waals surface area contributed by atoms with Crippen LogP contribution in [0.25, 0.3) is 11.0 Å². The highest BCUT2D eigenvalue weighted by Gasteiger charge is 2.18. The summed E-state index contributed by atoms with van der Waals surface area (Å²) in [7, 11) is 1.80. The number of hydrogen-bond donors (Lipinski definition) is 1. The van der Waals surface area contributed by atoms with Crippen LogP contribution < -0.4 is 9.47 Å². The fourth-order valence-electron chi connectivity index (χ4n) is 2.28. The monoisotopic (exact) mass is 321 g/mol. The molecule has 23 heavy (non-hydrogen) atoms. The highest BCUT2D eigenvalue weighted by Crippen LogP contribution is 2.34. The first kappa shape index (κ1) is 17.2. The second-order valence-corrected chi connectivity index (χ2v) is 5.37. The molecule has 0 amide bonds. The lowest BCUT2D eigenvalue weighted by Crippen LogP contribution is -2.08. The first-order valence-corrected chi connectivity index (χ1v) is 7.85. The van der Waals surface area contributed by atoms with Crippen LogP contribution in [0.15, 0.2) is 6.07 Å². The average Bonchev–Trinajstić information content (AvgIpc) is 2.93. The van der Waals surface area contributed by atoms with Gasteiger partial charge in [-0.25, -0.2) is 4.68 Å². The Balaban J connectivity index is 2.27. The van der Waals surface area contributed by atoms with E-state index in [9.17, 15) is 4.79 Å². The molecule has 2 rings (SSSR count). The summed E-state index contributed by atoms with van der Waals surface area (Å²) in [5, 5.41) is 17.0. The van der Waals surface area contributed by atoms with Crippen molar-refractivity contribution in [2.24, 2.45) is 7.05 Å². The van der Waals surface area contributed by atoms with Gasteiger partial charge >= 0.3 is 5.97 Å². The fraction of sp³-hybridized carbons (Fsp3) is 0.562. The molecule has 0 aliphatic rings. The van der Waals surface area contributed by atoms with Crippen molar-refractivity contribution in [2.45, 2.75) is 39.5 Å². The number of rotatable bonds is 8. The maximum Gasteiger partial charge on any atom is 0.310 e. The van der Waals surface area contributed by atoms with Gasteiger partial charge < -0.3 is 14.6 Å². The molecule has 1 aromatic heterocycles. The normalized spacial score (nSPS) is 11.0. The zero-order chi connectivity index (χ0) is 16.8. The third-order valence-electron chi connectivity index (χ3n) is 3.62. The van der Waals surface area contributed by atoms with Gasteiger partial charge in [-0.1, -0.05) is 12.1 Å². The smallest absolute Gasteiger partial charge is 0.310 e. The summed E-state index contributed by atoms with van der Waals surface area (Å²) in [6, 6.07) is 1.72. The number of fused-ring (bicyclic) bond motifs is 1. The maximum atomic E-state index is 11.6. The number of unbranched alkanes of at least 4 members (excludes halogenated alkanes) is 2. The number of aromatic nitrogens is 3. The minimum absolute atomic E-state index is 0.192. The highest BCUT2D eigenvalue weighted by atomic mass is 16.5. The van der Waals surface area contributed by atoms with Crippen molar-refractivity contribution in [2.75, 3.05) is 13.2 Å². The number of carbonyl (C=O) groups excluding carboxylic acids is 1. The zero-order valence-corrected chi connectivity index (χ0v) is 13.8. The molecule has 1 aromatic carbocycles. The molecule has 126 valence electrons. The van der Waals surface area contributed by atoms with Gasteiger partial charge in [0.2, 0.25) is 0 Å². The Hall–Kier alpha value is -2.15. The largest absolute Gasteiger partial charge is 0.491 e. The van der Waals surface area contributed by atoms with E-state index in [-0.39, 0.29) is 12.6 Å². The van der Waals surface area contributed by atoms with E-state index in [2.05, 4.69) is 10.3 Å². The molecular weight excluding hydrogens is 298 g/mol. The summed E-state index contributed by atoms with van der Waals surface area (Å²) < 4.78 is 12.9. The van der Waals surface area contributed by atoms with E-state index in [1.165, 1.54) is 0 Å². The molecule has 2 aromatic rings. The van der Waals surface area contributed by atoms with Crippen LogP contribution >= 0.6 is 0 Å². The van der Waals surface area contributed by atoms with Crippen molar-refractivity contribution >= 4 is 17.0 Å². The summed E-state index contributed by atoms with van der Waals surface area (Å²) in [6.45, 7) is 4.31. The molecule has 0 saturated carbocycles. The average molecular weight is 321 g/mol. The van der Waals surface area contributed by atoms with Crippen LogP contribution in [-0.2, 0) is 11.8 Å². The Bertz CT molecular complexity index is 682. The number of hydrogen-bond acceptors (Lipinski definition) is 6. The van der Waals surface area contributed by atoms with Crippen molar-refractivity contribution in [1.29, 1.82) is 0 Å². The summed E-state index contributed by atoms with van der Waals surface area (Å²) in [4.78, 5) is 11.6. The van der Waals surface area contributed by atoms with Gasteiger partial charge in [0.05, 0.1) is 6.61 Å². The number of aliphatic hydroxyl groups excluding tert-OH is 1. The van der Waals surface area contributed by atoms with Crippen LogP contribution in [0.1, 0.15) is 38.2 Å². The predicted molar refractivity (Wildman–Crippen MR) is 85.6 cm³/mol.